The molecule has 146 valence electrons. The van der Waals surface area contributed by atoms with Crippen LogP contribution in [-0.2, 0) is 15.8 Å². The van der Waals surface area contributed by atoms with Crippen LogP contribution in [0.3, 0.4) is 0 Å². The smallest absolute Gasteiger partial charge is 0.224 e. The zero-order valence-electron chi connectivity index (χ0n) is 15.3. The lowest BCUT2D eigenvalue weighted by atomic mass is 10.2. The molecular weight excluding hydrogens is 369 g/mol. The first kappa shape index (κ1) is 19.5. The van der Waals surface area contributed by atoms with Crippen LogP contribution in [0, 0.1) is 12.7 Å². The van der Waals surface area contributed by atoms with Crippen LogP contribution < -0.4 is 14.9 Å². The number of hydrogen-bond donors (Lipinski definition) is 2. The Bertz CT molecular complexity index is 885. The van der Waals surface area contributed by atoms with Crippen LogP contribution in [0.4, 0.5) is 16.2 Å². The Balaban J connectivity index is 1.51. The molecule has 0 aliphatic carbocycles. The first-order valence-electron chi connectivity index (χ1n) is 8.97. The van der Waals surface area contributed by atoms with Gasteiger partial charge in [0.2, 0.25) is 16.0 Å². The molecular formula is C18H24FN5O2S. The summed E-state index contributed by atoms with van der Waals surface area (Å²) in [5, 5.41) is 3.06. The Labute approximate surface area is 159 Å². The average Bonchev–Trinajstić information content (AvgIpc) is 3.13. The summed E-state index contributed by atoms with van der Waals surface area (Å²) in [5.74, 6) is 0.676. The van der Waals surface area contributed by atoms with Crippen molar-refractivity contribution in [2.24, 2.45) is 0 Å². The van der Waals surface area contributed by atoms with Crippen LogP contribution in [0.5, 0.6) is 0 Å². The van der Waals surface area contributed by atoms with Gasteiger partial charge < -0.3 is 10.2 Å². The highest BCUT2D eigenvalue weighted by molar-refractivity contribution is 7.88. The molecule has 0 bridgehead atoms. The van der Waals surface area contributed by atoms with E-state index >= 15 is 0 Å². The Morgan fingerprint density at radius 2 is 1.93 bits per heavy atom. The number of aryl methyl sites for hydroxylation is 1. The van der Waals surface area contributed by atoms with E-state index in [1.807, 2.05) is 13.0 Å². The number of sulfonamides is 1. The standard InChI is InChI=1S/C18H24FN5O2S/c1-14-11-17(24-9-2-3-10-24)23-18(22-14)20-7-8-21-27(25,26)13-15-5-4-6-16(19)12-15/h4-6,11-12,21H,2-3,7-10,13H2,1H3,(H,20,22,23). The van der Waals surface area contributed by atoms with E-state index in [0.29, 0.717) is 18.1 Å². The van der Waals surface area contributed by atoms with E-state index in [2.05, 4.69) is 24.9 Å². The highest BCUT2D eigenvalue weighted by Crippen LogP contribution is 2.19. The van der Waals surface area contributed by atoms with E-state index < -0.39 is 15.8 Å². The van der Waals surface area contributed by atoms with Gasteiger partial charge in [-0.2, -0.15) is 4.98 Å². The third-order valence-corrected chi connectivity index (χ3v) is 5.60. The second-order valence-electron chi connectivity index (χ2n) is 6.60. The molecule has 0 spiro atoms. The lowest BCUT2D eigenvalue weighted by Crippen LogP contribution is -2.30. The fourth-order valence-electron chi connectivity index (χ4n) is 3.02. The van der Waals surface area contributed by atoms with Crippen molar-refractivity contribution in [1.82, 2.24) is 14.7 Å². The van der Waals surface area contributed by atoms with E-state index in [-0.39, 0.29) is 12.3 Å². The minimum Gasteiger partial charge on any atom is -0.356 e. The lowest BCUT2D eigenvalue weighted by molar-refractivity contribution is 0.581. The molecule has 27 heavy (non-hydrogen) atoms. The molecule has 1 aromatic carbocycles. The van der Waals surface area contributed by atoms with E-state index in [1.54, 1.807) is 6.07 Å². The SMILES string of the molecule is Cc1cc(N2CCCC2)nc(NCCNS(=O)(=O)Cc2cccc(F)c2)n1. The summed E-state index contributed by atoms with van der Waals surface area (Å²) < 4.78 is 39.9. The topological polar surface area (TPSA) is 87.2 Å². The molecule has 0 radical (unpaired) electrons. The summed E-state index contributed by atoms with van der Waals surface area (Å²) in [6.45, 7) is 4.44. The Morgan fingerprint density at radius 1 is 1.15 bits per heavy atom. The maximum absolute atomic E-state index is 13.2. The van der Waals surface area contributed by atoms with Crippen LogP contribution in [0.2, 0.25) is 0 Å². The van der Waals surface area contributed by atoms with Crippen molar-refractivity contribution >= 4 is 21.8 Å². The number of nitrogens with zero attached hydrogens (tertiary/aromatic N) is 3. The molecule has 9 heteroatoms. The van der Waals surface area contributed by atoms with Gasteiger partial charge in [-0.1, -0.05) is 12.1 Å². The quantitative estimate of drug-likeness (QED) is 0.668. The number of aromatic nitrogens is 2. The molecule has 2 N–H and O–H groups in total. The van der Waals surface area contributed by atoms with Crippen LogP contribution in [0.15, 0.2) is 30.3 Å². The van der Waals surface area contributed by atoms with Gasteiger partial charge in [0, 0.05) is 37.9 Å². The third kappa shape index (κ3) is 5.86. The summed E-state index contributed by atoms with van der Waals surface area (Å²) in [4.78, 5) is 11.1. The first-order valence-corrected chi connectivity index (χ1v) is 10.6. The van der Waals surface area contributed by atoms with Gasteiger partial charge in [-0.15, -0.1) is 0 Å². The third-order valence-electron chi connectivity index (χ3n) is 4.25. The summed E-state index contributed by atoms with van der Waals surface area (Å²) in [7, 11) is -3.54. The van der Waals surface area contributed by atoms with Gasteiger partial charge in [0.05, 0.1) is 5.75 Å². The number of halogens is 1. The van der Waals surface area contributed by atoms with E-state index in [1.165, 1.54) is 31.0 Å². The zero-order valence-corrected chi connectivity index (χ0v) is 16.1. The van der Waals surface area contributed by atoms with Gasteiger partial charge in [-0.3, -0.25) is 0 Å². The number of anilines is 2. The van der Waals surface area contributed by atoms with Crippen molar-refractivity contribution < 1.29 is 12.8 Å². The molecule has 1 aliphatic rings. The predicted molar refractivity (Wildman–Crippen MR) is 104 cm³/mol. The summed E-state index contributed by atoms with van der Waals surface area (Å²) in [6.07, 6.45) is 2.33. The molecule has 0 saturated carbocycles. The van der Waals surface area contributed by atoms with Gasteiger partial charge in [0.15, 0.2) is 0 Å². The van der Waals surface area contributed by atoms with Crippen LogP contribution in [0.25, 0.3) is 0 Å². The number of benzene rings is 1. The molecule has 2 aromatic rings. The van der Waals surface area contributed by atoms with Crippen molar-refractivity contribution in [1.29, 1.82) is 0 Å². The molecule has 2 heterocycles. The minimum absolute atomic E-state index is 0.188. The van der Waals surface area contributed by atoms with E-state index in [9.17, 15) is 12.8 Å². The number of rotatable bonds is 8. The highest BCUT2D eigenvalue weighted by Gasteiger charge is 2.15. The van der Waals surface area contributed by atoms with Gasteiger partial charge >= 0.3 is 0 Å². The molecule has 1 aliphatic heterocycles. The number of hydrogen-bond acceptors (Lipinski definition) is 6. The Hall–Kier alpha value is -2.26. The van der Waals surface area contributed by atoms with Gasteiger partial charge in [0.1, 0.15) is 11.6 Å². The van der Waals surface area contributed by atoms with Crippen molar-refractivity contribution in [3.05, 3.63) is 47.4 Å². The van der Waals surface area contributed by atoms with Crippen LogP contribution >= 0.6 is 0 Å². The largest absolute Gasteiger partial charge is 0.356 e. The summed E-state index contributed by atoms with van der Waals surface area (Å²) >= 11 is 0. The lowest BCUT2D eigenvalue weighted by Gasteiger charge is -2.17. The van der Waals surface area contributed by atoms with Crippen molar-refractivity contribution in [2.45, 2.75) is 25.5 Å². The monoisotopic (exact) mass is 393 g/mol. The Morgan fingerprint density at radius 3 is 2.67 bits per heavy atom. The van der Waals surface area contributed by atoms with Crippen molar-refractivity contribution in [3.8, 4) is 0 Å². The van der Waals surface area contributed by atoms with Crippen molar-refractivity contribution in [2.75, 3.05) is 36.4 Å². The van der Waals surface area contributed by atoms with Gasteiger partial charge in [0.25, 0.3) is 0 Å². The first-order chi connectivity index (χ1) is 12.9. The fourth-order valence-corrected chi connectivity index (χ4v) is 4.15. The summed E-state index contributed by atoms with van der Waals surface area (Å²) in [6, 6.07) is 7.54. The fraction of sp³-hybridized carbons (Fsp3) is 0.444. The molecule has 7 nitrogen and oxygen atoms in total. The molecule has 0 unspecified atom stereocenters. The second-order valence-corrected chi connectivity index (χ2v) is 8.40. The van der Waals surface area contributed by atoms with Crippen molar-refractivity contribution in [3.63, 3.8) is 0 Å². The van der Waals surface area contributed by atoms with Gasteiger partial charge in [-0.25, -0.2) is 22.5 Å². The molecule has 1 fully saturated rings. The maximum atomic E-state index is 13.2. The molecule has 3 rings (SSSR count). The maximum Gasteiger partial charge on any atom is 0.224 e. The normalized spacial score (nSPS) is 14.5. The van der Waals surface area contributed by atoms with Crippen LogP contribution in [0.1, 0.15) is 24.1 Å². The van der Waals surface area contributed by atoms with Gasteiger partial charge in [-0.05, 0) is 37.5 Å². The molecule has 1 aromatic heterocycles. The molecule has 0 atom stereocenters. The highest BCUT2D eigenvalue weighted by atomic mass is 32.2. The Kier molecular flexibility index (Phi) is 6.22. The van der Waals surface area contributed by atoms with Crippen LogP contribution in [-0.4, -0.2) is 44.6 Å². The minimum atomic E-state index is -3.54. The molecule has 1 saturated heterocycles. The zero-order chi connectivity index (χ0) is 19.3. The molecule has 0 amide bonds. The summed E-state index contributed by atoms with van der Waals surface area (Å²) in [5.41, 5.74) is 1.27. The second kappa shape index (κ2) is 8.62. The predicted octanol–water partition coefficient (Wildman–Crippen LogP) is 2.06. The average molecular weight is 393 g/mol. The van der Waals surface area contributed by atoms with E-state index in [0.717, 1.165) is 24.6 Å². The number of nitrogens with one attached hydrogen (secondary N) is 2. The van der Waals surface area contributed by atoms with E-state index in [4.69, 9.17) is 0 Å².